The molecule has 1 fully saturated rings. The molecule has 1 aromatic carbocycles. The maximum atomic E-state index is 5.57. The minimum absolute atomic E-state index is 0.212. The fourth-order valence-corrected chi connectivity index (χ4v) is 3.89. The number of imidazole rings is 1. The van der Waals surface area contributed by atoms with Crippen LogP contribution >= 0.6 is 0 Å². The number of piperidine rings is 1. The maximum Gasteiger partial charge on any atom is 0.231 e. The molecule has 28 heavy (non-hydrogen) atoms. The first-order chi connectivity index (χ1) is 13.8. The largest absolute Gasteiger partial charge is 0.493 e. The third-order valence-electron chi connectivity index (χ3n) is 5.28. The molecule has 1 saturated heterocycles. The molecule has 0 amide bonds. The first-order valence-electron chi connectivity index (χ1n) is 9.36. The Morgan fingerprint density at radius 3 is 2.64 bits per heavy atom. The molecule has 0 unspecified atom stereocenters. The van der Waals surface area contributed by atoms with Crippen molar-refractivity contribution in [2.24, 2.45) is 0 Å². The van der Waals surface area contributed by atoms with Crippen molar-refractivity contribution in [2.45, 2.75) is 18.9 Å². The smallest absolute Gasteiger partial charge is 0.231 e. The van der Waals surface area contributed by atoms with Crippen LogP contribution < -0.4 is 19.1 Å². The zero-order valence-electron chi connectivity index (χ0n) is 15.6. The maximum absolute atomic E-state index is 5.57. The van der Waals surface area contributed by atoms with Crippen LogP contribution in [0.2, 0.25) is 0 Å². The van der Waals surface area contributed by atoms with Crippen molar-refractivity contribution in [3.05, 3.63) is 43.0 Å². The van der Waals surface area contributed by atoms with Crippen molar-refractivity contribution in [3.8, 4) is 28.6 Å². The standard InChI is InChI=1S/C20H21N5O3/c1-26-16-11-14(12-17-18(16)28-13-27-17)19-21-7-10-25(19)15-3-8-24(9-4-15)20-22-5-2-6-23-20/h2,5-7,10-12,15H,3-4,8-9,13H2,1H3. The molecule has 8 heteroatoms. The van der Waals surface area contributed by atoms with Gasteiger partial charge in [0.15, 0.2) is 11.5 Å². The number of hydrogen-bond donors (Lipinski definition) is 0. The summed E-state index contributed by atoms with van der Waals surface area (Å²) < 4.78 is 18.8. The summed E-state index contributed by atoms with van der Waals surface area (Å²) >= 11 is 0. The highest BCUT2D eigenvalue weighted by Crippen LogP contribution is 2.44. The number of benzene rings is 1. The summed E-state index contributed by atoms with van der Waals surface area (Å²) in [5.41, 5.74) is 0.958. The molecular formula is C20H21N5O3. The van der Waals surface area contributed by atoms with Crippen molar-refractivity contribution >= 4 is 5.95 Å². The number of aromatic nitrogens is 4. The van der Waals surface area contributed by atoms with E-state index in [0.29, 0.717) is 23.3 Å². The van der Waals surface area contributed by atoms with E-state index in [4.69, 9.17) is 14.2 Å². The summed E-state index contributed by atoms with van der Waals surface area (Å²) in [7, 11) is 1.63. The Labute approximate surface area is 162 Å². The molecule has 3 aromatic rings. The lowest BCUT2D eigenvalue weighted by Crippen LogP contribution is -2.35. The van der Waals surface area contributed by atoms with Crippen molar-refractivity contribution in [1.82, 2.24) is 19.5 Å². The Kier molecular flexibility index (Phi) is 4.23. The van der Waals surface area contributed by atoms with Gasteiger partial charge in [0.2, 0.25) is 18.5 Å². The van der Waals surface area contributed by atoms with E-state index in [9.17, 15) is 0 Å². The first-order valence-corrected chi connectivity index (χ1v) is 9.36. The average molecular weight is 379 g/mol. The molecule has 0 atom stereocenters. The van der Waals surface area contributed by atoms with Gasteiger partial charge in [0.1, 0.15) is 5.82 Å². The van der Waals surface area contributed by atoms with Gasteiger partial charge >= 0.3 is 0 Å². The van der Waals surface area contributed by atoms with Gasteiger partial charge in [-0.1, -0.05) is 0 Å². The van der Waals surface area contributed by atoms with Crippen LogP contribution in [-0.2, 0) is 0 Å². The molecule has 5 rings (SSSR count). The molecule has 0 aliphatic carbocycles. The van der Waals surface area contributed by atoms with Gasteiger partial charge in [-0.05, 0) is 31.0 Å². The van der Waals surface area contributed by atoms with E-state index >= 15 is 0 Å². The van der Waals surface area contributed by atoms with E-state index in [1.165, 1.54) is 0 Å². The number of ether oxygens (including phenoxy) is 3. The number of rotatable bonds is 4. The Hall–Kier alpha value is -3.29. The van der Waals surface area contributed by atoms with Crippen molar-refractivity contribution < 1.29 is 14.2 Å². The molecule has 0 radical (unpaired) electrons. The van der Waals surface area contributed by atoms with Crippen molar-refractivity contribution in [1.29, 1.82) is 0 Å². The highest BCUT2D eigenvalue weighted by Gasteiger charge is 2.26. The van der Waals surface area contributed by atoms with Gasteiger partial charge < -0.3 is 23.7 Å². The summed E-state index contributed by atoms with van der Waals surface area (Å²) in [5, 5.41) is 0. The third kappa shape index (κ3) is 2.90. The number of nitrogens with zero attached hydrogens (tertiary/aromatic N) is 5. The Morgan fingerprint density at radius 2 is 1.86 bits per heavy atom. The second-order valence-corrected chi connectivity index (χ2v) is 6.84. The SMILES string of the molecule is COc1cc(-c2nccn2C2CCN(c3ncccn3)CC2)cc2c1OCO2. The van der Waals surface area contributed by atoms with Gasteiger partial charge in [-0.15, -0.1) is 0 Å². The van der Waals surface area contributed by atoms with E-state index in [1.54, 1.807) is 19.5 Å². The topological polar surface area (TPSA) is 74.5 Å². The monoisotopic (exact) mass is 379 g/mol. The van der Waals surface area contributed by atoms with Gasteiger partial charge in [-0.2, -0.15) is 0 Å². The highest BCUT2D eigenvalue weighted by molar-refractivity contribution is 5.67. The van der Waals surface area contributed by atoms with E-state index in [2.05, 4.69) is 24.4 Å². The number of hydrogen-bond acceptors (Lipinski definition) is 7. The van der Waals surface area contributed by atoms with Gasteiger partial charge in [0, 0.05) is 49.5 Å². The quantitative estimate of drug-likeness (QED) is 0.690. The van der Waals surface area contributed by atoms with E-state index in [-0.39, 0.29) is 6.79 Å². The Bertz CT molecular complexity index is 967. The van der Waals surface area contributed by atoms with Gasteiger partial charge in [-0.3, -0.25) is 0 Å². The zero-order chi connectivity index (χ0) is 18.9. The molecule has 2 aliphatic heterocycles. The molecule has 2 aromatic heterocycles. The molecule has 8 nitrogen and oxygen atoms in total. The molecule has 4 heterocycles. The fourth-order valence-electron chi connectivity index (χ4n) is 3.89. The lowest BCUT2D eigenvalue weighted by molar-refractivity contribution is 0.171. The number of anilines is 1. The van der Waals surface area contributed by atoms with Crippen LogP contribution in [-0.4, -0.2) is 46.5 Å². The van der Waals surface area contributed by atoms with Gasteiger partial charge in [0.25, 0.3) is 0 Å². The molecule has 2 aliphatic rings. The second-order valence-electron chi connectivity index (χ2n) is 6.84. The second kappa shape index (κ2) is 7.03. The Balaban J connectivity index is 1.39. The predicted octanol–water partition coefficient (Wildman–Crippen LogP) is 2.92. The zero-order valence-corrected chi connectivity index (χ0v) is 15.6. The minimum atomic E-state index is 0.212. The number of fused-ring (bicyclic) bond motifs is 1. The normalized spacial score (nSPS) is 16.4. The first kappa shape index (κ1) is 16.9. The van der Waals surface area contributed by atoms with E-state index < -0.39 is 0 Å². The lowest BCUT2D eigenvalue weighted by Gasteiger charge is -2.33. The van der Waals surface area contributed by atoms with Crippen LogP contribution in [0, 0.1) is 0 Å². The van der Waals surface area contributed by atoms with Crippen LogP contribution in [0.4, 0.5) is 5.95 Å². The van der Waals surface area contributed by atoms with E-state index in [1.807, 2.05) is 30.6 Å². The summed E-state index contributed by atoms with van der Waals surface area (Å²) in [6.07, 6.45) is 9.47. The van der Waals surface area contributed by atoms with Crippen LogP contribution in [0.25, 0.3) is 11.4 Å². The highest BCUT2D eigenvalue weighted by atomic mass is 16.7. The van der Waals surface area contributed by atoms with Gasteiger partial charge in [-0.25, -0.2) is 15.0 Å². The van der Waals surface area contributed by atoms with Crippen molar-refractivity contribution in [2.75, 3.05) is 31.9 Å². The van der Waals surface area contributed by atoms with Crippen molar-refractivity contribution in [3.63, 3.8) is 0 Å². The predicted molar refractivity (Wildman–Crippen MR) is 103 cm³/mol. The molecule has 0 bridgehead atoms. The fraction of sp³-hybridized carbons (Fsp3) is 0.350. The summed E-state index contributed by atoms with van der Waals surface area (Å²) in [5.74, 6) is 3.72. The minimum Gasteiger partial charge on any atom is -0.493 e. The lowest BCUT2D eigenvalue weighted by atomic mass is 10.0. The van der Waals surface area contributed by atoms with Crippen LogP contribution in [0.1, 0.15) is 18.9 Å². The molecular weight excluding hydrogens is 358 g/mol. The number of methoxy groups -OCH3 is 1. The molecule has 0 N–H and O–H groups in total. The molecule has 144 valence electrons. The third-order valence-corrected chi connectivity index (χ3v) is 5.28. The summed E-state index contributed by atoms with van der Waals surface area (Å²) in [6, 6.07) is 6.14. The molecule has 0 spiro atoms. The summed E-state index contributed by atoms with van der Waals surface area (Å²) in [6.45, 7) is 2.04. The van der Waals surface area contributed by atoms with Gasteiger partial charge in [0.05, 0.1) is 7.11 Å². The van der Waals surface area contributed by atoms with Crippen LogP contribution in [0.3, 0.4) is 0 Å². The Morgan fingerprint density at radius 1 is 1.04 bits per heavy atom. The molecule has 0 saturated carbocycles. The summed E-state index contributed by atoms with van der Waals surface area (Å²) in [4.78, 5) is 15.6. The van der Waals surface area contributed by atoms with Crippen LogP contribution in [0.15, 0.2) is 43.0 Å². The average Bonchev–Trinajstić information content (AvgIpc) is 3.43. The van der Waals surface area contributed by atoms with Crippen LogP contribution in [0.5, 0.6) is 17.2 Å². The van der Waals surface area contributed by atoms with E-state index in [0.717, 1.165) is 43.3 Å².